The number of likely N-dealkylation sites (tertiary alicyclic amines) is 1. The second-order valence-corrected chi connectivity index (χ2v) is 6.03. The molecule has 6 nitrogen and oxygen atoms in total. The summed E-state index contributed by atoms with van der Waals surface area (Å²) in [6.45, 7) is 4.80. The number of hydrogen-bond acceptors (Lipinski definition) is 4. The Hall–Kier alpha value is -2.41. The maximum atomic E-state index is 13.0. The molecule has 0 aliphatic carbocycles. The van der Waals surface area contributed by atoms with E-state index in [0.717, 1.165) is 36.7 Å². The van der Waals surface area contributed by atoms with Crippen LogP contribution >= 0.6 is 0 Å². The monoisotopic (exact) mass is 346 g/mol. The van der Waals surface area contributed by atoms with Crippen molar-refractivity contribution in [3.63, 3.8) is 0 Å². The summed E-state index contributed by atoms with van der Waals surface area (Å²) in [6.07, 6.45) is 2.75. The van der Waals surface area contributed by atoms with Gasteiger partial charge < -0.3 is 19.7 Å². The molecule has 0 radical (unpaired) electrons. The number of oxazole rings is 1. The SMILES string of the molecule is CCNC(=NCCc1coc(-c2ccc(F)cc2)n1)N1CC[C@@H](O)C1. The first-order valence-corrected chi connectivity index (χ1v) is 8.57. The number of guanidine groups is 1. The van der Waals surface area contributed by atoms with Gasteiger partial charge >= 0.3 is 0 Å². The summed E-state index contributed by atoms with van der Waals surface area (Å²) in [5.74, 6) is 1.02. The molecule has 1 fully saturated rings. The third kappa shape index (κ3) is 4.57. The summed E-state index contributed by atoms with van der Waals surface area (Å²) < 4.78 is 18.4. The maximum absolute atomic E-state index is 13.0. The normalized spacial score (nSPS) is 18.0. The van der Waals surface area contributed by atoms with E-state index in [2.05, 4.69) is 20.2 Å². The van der Waals surface area contributed by atoms with Crippen molar-refractivity contribution in [1.82, 2.24) is 15.2 Å². The highest BCUT2D eigenvalue weighted by atomic mass is 19.1. The molecule has 3 rings (SSSR count). The number of nitrogens with one attached hydrogen (secondary N) is 1. The first kappa shape index (κ1) is 17.4. The van der Waals surface area contributed by atoms with Gasteiger partial charge in [-0.15, -0.1) is 0 Å². The molecule has 1 atom stereocenters. The van der Waals surface area contributed by atoms with E-state index in [1.54, 1.807) is 18.4 Å². The zero-order valence-electron chi connectivity index (χ0n) is 14.3. The molecule has 1 aromatic heterocycles. The lowest BCUT2D eigenvalue weighted by molar-refractivity contribution is 0.188. The number of β-amino-alcohol motifs (C(OH)–C–C–N with tert-alkyl or cyclic N) is 1. The van der Waals surface area contributed by atoms with E-state index in [-0.39, 0.29) is 11.9 Å². The molecule has 2 N–H and O–H groups in total. The van der Waals surface area contributed by atoms with Crippen LogP contribution in [0.2, 0.25) is 0 Å². The Balaban J connectivity index is 1.59. The van der Waals surface area contributed by atoms with Crippen molar-refractivity contribution in [3.8, 4) is 11.5 Å². The number of aliphatic hydroxyl groups excluding tert-OH is 1. The minimum atomic E-state index is -0.284. The van der Waals surface area contributed by atoms with Crippen molar-refractivity contribution in [2.24, 2.45) is 4.99 Å². The van der Waals surface area contributed by atoms with Crippen molar-refractivity contribution in [2.45, 2.75) is 25.9 Å². The van der Waals surface area contributed by atoms with Crippen LogP contribution in [-0.4, -0.2) is 53.2 Å². The third-order valence-electron chi connectivity index (χ3n) is 4.07. The Labute approximate surface area is 146 Å². The predicted molar refractivity (Wildman–Crippen MR) is 93.8 cm³/mol. The van der Waals surface area contributed by atoms with Gasteiger partial charge in [0, 0.05) is 38.2 Å². The summed E-state index contributed by atoms with van der Waals surface area (Å²) in [6, 6.07) is 6.06. The summed E-state index contributed by atoms with van der Waals surface area (Å²) >= 11 is 0. The molecule has 1 saturated heterocycles. The van der Waals surface area contributed by atoms with Crippen molar-refractivity contribution in [3.05, 3.63) is 42.0 Å². The number of rotatable bonds is 5. The number of halogens is 1. The molecule has 134 valence electrons. The molecule has 0 unspecified atom stereocenters. The molecule has 2 aromatic rings. The maximum Gasteiger partial charge on any atom is 0.226 e. The first-order chi connectivity index (χ1) is 12.2. The van der Waals surface area contributed by atoms with Gasteiger partial charge in [-0.2, -0.15) is 0 Å². The smallest absolute Gasteiger partial charge is 0.226 e. The predicted octanol–water partition coefficient (Wildman–Crippen LogP) is 2.06. The Morgan fingerprint density at radius 2 is 2.24 bits per heavy atom. The number of aliphatic imine (C=N–C) groups is 1. The largest absolute Gasteiger partial charge is 0.444 e. The number of nitrogens with zero attached hydrogens (tertiary/aromatic N) is 3. The lowest BCUT2D eigenvalue weighted by atomic mass is 10.2. The highest BCUT2D eigenvalue weighted by Gasteiger charge is 2.22. The average molecular weight is 346 g/mol. The summed E-state index contributed by atoms with van der Waals surface area (Å²) in [5.41, 5.74) is 1.55. The van der Waals surface area contributed by atoms with Crippen LogP contribution in [0, 0.1) is 5.82 Å². The summed E-state index contributed by atoms with van der Waals surface area (Å²) in [7, 11) is 0. The highest BCUT2D eigenvalue weighted by Crippen LogP contribution is 2.19. The van der Waals surface area contributed by atoms with Crippen LogP contribution in [0.3, 0.4) is 0 Å². The fraction of sp³-hybridized carbons (Fsp3) is 0.444. The van der Waals surface area contributed by atoms with E-state index in [4.69, 9.17) is 4.42 Å². The first-order valence-electron chi connectivity index (χ1n) is 8.57. The van der Waals surface area contributed by atoms with Crippen LogP contribution in [0.25, 0.3) is 11.5 Å². The van der Waals surface area contributed by atoms with Gasteiger partial charge in [0.1, 0.15) is 12.1 Å². The topological polar surface area (TPSA) is 73.9 Å². The quantitative estimate of drug-likeness (QED) is 0.640. The summed E-state index contributed by atoms with van der Waals surface area (Å²) in [4.78, 5) is 11.1. The van der Waals surface area contributed by atoms with Crippen LogP contribution in [0.5, 0.6) is 0 Å². The van der Waals surface area contributed by atoms with Gasteiger partial charge in [-0.1, -0.05) is 0 Å². The van der Waals surface area contributed by atoms with Crippen molar-refractivity contribution in [1.29, 1.82) is 0 Å². The van der Waals surface area contributed by atoms with Gasteiger partial charge in [0.25, 0.3) is 0 Å². The van der Waals surface area contributed by atoms with E-state index in [1.165, 1.54) is 12.1 Å². The van der Waals surface area contributed by atoms with Gasteiger partial charge in [0.05, 0.1) is 11.8 Å². The zero-order chi connectivity index (χ0) is 17.6. The summed E-state index contributed by atoms with van der Waals surface area (Å²) in [5, 5.41) is 12.9. The van der Waals surface area contributed by atoms with Crippen molar-refractivity contribution in [2.75, 3.05) is 26.2 Å². The van der Waals surface area contributed by atoms with Gasteiger partial charge in [0.15, 0.2) is 5.96 Å². The second-order valence-electron chi connectivity index (χ2n) is 6.03. The van der Waals surface area contributed by atoms with E-state index < -0.39 is 0 Å². The van der Waals surface area contributed by atoms with E-state index >= 15 is 0 Å². The molecule has 0 saturated carbocycles. The van der Waals surface area contributed by atoms with E-state index in [0.29, 0.717) is 25.4 Å². The Morgan fingerprint density at radius 1 is 1.44 bits per heavy atom. The van der Waals surface area contributed by atoms with Crippen LogP contribution in [0.15, 0.2) is 39.9 Å². The molecule has 7 heteroatoms. The second kappa shape index (κ2) is 8.11. The Morgan fingerprint density at radius 3 is 2.92 bits per heavy atom. The fourth-order valence-corrected chi connectivity index (χ4v) is 2.78. The minimum absolute atomic E-state index is 0.280. The molecule has 1 aromatic carbocycles. The van der Waals surface area contributed by atoms with Crippen LogP contribution in [0.4, 0.5) is 4.39 Å². The molecule has 0 spiro atoms. The van der Waals surface area contributed by atoms with Crippen LogP contribution in [-0.2, 0) is 6.42 Å². The van der Waals surface area contributed by atoms with Gasteiger partial charge in [-0.25, -0.2) is 9.37 Å². The Bertz CT molecular complexity index is 714. The molecule has 1 aliphatic heterocycles. The van der Waals surface area contributed by atoms with E-state index in [1.807, 2.05) is 6.92 Å². The standard InChI is InChI=1S/C18H23FN4O2/c1-2-20-18(23-10-8-16(24)11-23)21-9-7-15-12-25-17(22-15)13-3-5-14(19)6-4-13/h3-6,12,16,24H,2,7-11H2,1H3,(H,20,21)/t16-/m1/s1. The number of benzene rings is 1. The van der Waals surface area contributed by atoms with Gasteiger partial charge in [0.2, 0.25) is 5.89 Å². The Kier molecular flexibility index (Phi) is 5.65. The minimum Gasteiger partial charge on any atom is -0.444 e. The average Bonchev–Trinajstić information content (AvgIpc) is 3.24. The van der Waals surface area contributed by atoms with Crippen molar-refractivity contribution >= 4 is 5.96 Å². The van der Waals surface area contributed by atoms with Crippen LogP contribution in [0.1, 0.15) is 19.0 Å². The molecule has 25 heavy (non-hydrogen) atoms. The highest BCUT2D eigenvalue weighted by molar-refractivity contribution is 5.80. The van der Waals surface area contributed by atoms with Gasteiger partial charge in [-0.05, 0) is 37.6 Å². The molecular weight excluding hydrogens is 323 g/mol. The molecule has 2 heterocycles. The number of aromatic nitrogens is 1. The zero-order valence-corrected chi connectivity index (χ0v) is 14.3. The molecule has 0 amide bonds. The van der Waals surface area contributed by atoms with Crippen molar-refractivity contribution < 1.29 is 13.9 Å². The van der Waals surface area contributed by atoms with Crippen LogP contribution < -0.4 is 5.32 Å². The lowest BCUT2D eigenvalue weighted by Gasteiger charge is -2.20. The fourth-order valence-electron chi connectivity index (χ4n) is 2.78. The molecule has 1 aliphatic rings. The van der Waals surface area contributed by atoms with E-state index in [9.17, 15) is 9.50 Å². The van der Waals surface area contributed by atoms with Gasteiger partial charge in [-0.3, -0.25) is 4.99 Å². The molecule has 0 bridgehead atoms. The molecular formula is C18H23FN4O2. The number of aliphatic hydroxyl groups is 1. The lowest BCUT2D eigenvalue weighted by Crippen LogP contribution is -2.40. The third-order valence-corrected chi connectivity index (χ3v) is 4.07. The number of hydrogen-bond donors (Lipinski definition) is 2.